The molecule has 0 aliphatic rings. The molecule has 0 aliphatic carbocycles. The zero-order chi connectivity index (χ0) is 53.6. The molecule has 0 amide bonds. The van der Waals surface area contributed by atoms with E-state index >= 15 is 0 Å². The Balaban J connectivity index is 4.37. The van der Waals surface area contributed by atoms with E-state index in [9.17, 15) is 14.4 Å². The lowest BCUT2D eigenvalue weighted by molar-refractivity contribution is -0.167. The number of hydrogen-bond donors (Lipinski definition) is 0. The summed E-state index contributed by atoms with van der Waals surface area (Å²) in [6, 6.07) is 0. The Bertz CT molecular complexity index is 1280. The molecule has 0 radical (unpaired) electrons. The van der Waals surface area contributed by atoms with Crippen molar-refractivity contribution in [1.82, 2.24) is 0 Å². The maximum atomic E-state index is 12.9. The van der Waals surface area contributed by atoms with Crippen LogP contribution in [0.5, 0.6) is 0 Å². The maximum absolute atomic E-state index is 12.9. The summed E-state index contributed by atoms with van der Waals surface area (Å²) in [6.07, 6.45) is 78.3. The molecule has 0 saturated carbocycles. The van der Waals surface area contributed by atoms with Crippen LogP contribution < -0.4 is 0 Å². The third-order valence-electron chi connectivity index (χ3n) is 14.7. The Kier molecular flexibility index (Phi) is 60.7. The predicted molar refractivity (Wildman–Crippen MR) is 321 cm³/mol. The van der Waals surface area contributed by atoms with Crippen molar-refractivity contribution in [2.45, 2.75) is 354 Å². The molecule has 74 heavy (non-hydrogen) atoms. The smallest absolute Gasteiger partial charge is 0.306 e. The number of allylic oxidation sites excluding steroid dienone is 8. The van der Waals surface area contributed by atoms with E-state index in [4.69, 9.17) is 14.2 Å². The average Bonchev–Trinajstić information content (AvgIpc) is 3.40. The van der Waals surface area contributed by atoms with Crippen molar-refractivity contribution in [3.05, 3.63) is 48.6 Å². The minimum atomic E-state index is -0.781. The van der Waals surface area contributed by atoms with Gasteiger partial charge in [-0.3, -0.25) is 14.4 Å². The summed E-state index contributed by atoms with van der Waals surface area (Å²) in [7, 11) is 0. The lowest BCUT2D eigenvalue weighted by Crippen LogP contribution is -2.30. The first kappa shape index (κ1) is 71.4. The van der Waals surface area contributed by atoms with Crippen LogP contribution in [0, 0.1) is 0 Å². The Morgan fingerprint density at radius 3 is 0.784 bits per heavy atom. The molecule has 0 saturated heterocycles. The molecule has 6 nitrogen and oxygen atoms in total. The number of rotatable bonds is 60. The van der Waals surface area contributed by atoms with Gasteiger partial charge in [0.15, 0.2) is 6.10 Å². The first-order chi connectivity index (χ1) is 36.5. The summed E-state index contributed by atoms with van der Waals surface area (Å²) >= 11 is 0. The van der Waals surface area contributed by atoms with Gasteiger partial charge in [0, 0.05) is 19.3 Å². The van der Waals surface area contributed by atoms with Gasteiger partial charge in [0.2, 0.25) is 0 Å². The third kappa shape index (κ3) is 60.2. The van der Waals surface area contributed by atoms with E-state index in [1.54, 1.807) is 0 Å². The largest absolute Gasteiger partial charge is 0.462 e. The van der Waals surface area contributed by atoms with Crippen molar-refractivity contribution in [1.29, 1.82) is 0 Å². The Morgan fingerprint density at radius 2 is 0.486 bits per heavy atom. The van der Waals surface area contributed by atoms with Crippen molar-refractivity contribution < 1.29 is 28.6 Å². The van der Waals surface area contributed by atoms with Crippen LogP contribution in [0.1, 0.15) is 348 Å². The van der Waals surface area contributed by atoms with Crippen LogP contribution >= 0.6 is 0 Å². The molecule has 1 atom stereocenters. The van der Waals surface area contributed by atoms with Crippen LogP contribution in [0.4, 0.5) is 0 Å². The number of esters is 3. The zero-order valence-electron chi connectivity index (χ0n) is 49.6. The molecule has 0 fully saturated rings. The summed E-state index contributed by atoms with van der Waals surface area (Å²) in [6.45, 7) is 6.65. The molecular formula is C68H124O6. The van der Waals surface area contributed by atoms with Gasteiger partial charge in [0.05, 0.1) is 0 Å². The number of ether oxygens (including phenoxy) is 3. The fourth-order valence-corrected chi connectivity index (χ4v) is 9.75. The number of carbonyl (C=O) groups excluding carboxylic acids is 3. The second-order valence-electron chi connectivity index (χ2n) is 22.1. The standard InChI is InChI=1S/C68H124O6/c1-4-7-10-13-16-19-22-25-28-31-34-37-40-43-46-49-52-55-58-61-67(70)73-64-65(63-72-66(69)60-57-54-51-48-45-42-39-36-33-30-27-24-21-18-15-12-9-6-3)74-68(71)62-59-56-53-50-47-44-41-38-35-32-29-26-23-20-17-14-11-8-5-2/h18,21,24,27,30,33,36,39,65H,4-17,19-20,22-23,25-26,28-29,31-32,34-35,37-38,40-64H2,1-3H3/b21-18-,27-24-,33-30-,39-36-. The SMILES string of the molecule is CCCCC\C=C/C=C\C=C/C=C\CCCCCCCC(=O)OCC(COC(=O)CCCCCCCCCCCCCCCCCCCCC)OC(=O)CCCCCCCCCCCCCCCCCCCCC. The van der Waals surface area contributed by atoms with Gasteiger partial charge < -0.3 is 14.2 Å². The van der Waals surface area contributed by atoms with Crippen LogP contribution in [-0.2, 0) is 28.6 Å². The number of unbranched alkanes of at least 4 members (excludes halogenated alkanes) is 44. The Labute approximate surface area is 460 Å². The molecule has 0 aromatic heterocycles. The number of carbonyl (C=O) groups is 3. The molecule has 6 heteroatoms. The molecular weight excluding hydrogens is 913 g/mol. The van der Waals surface area contributed by atoms with Crippen LogP contribution in [0.15, 0.2) is 48.6 Å². The molecule has 0 aromatic rings. The van der Waals surface area contributed by atoms with E-state index in [0.717, 1.165) is 83.5 Å². The van der Waals surface area contributed by atoms with Gasteiger partial charge in [-0.25, -0.2) is 0 Å². The van der Waals surface area contributed by atoms with Crippen molar-refractivity contribution in [3.63, 3.8) is 0 Å². The molecule has 0 spiro atoms. The molecule has 0 heterocycles. The van der Waals surface area contributed by atoms with Crippen LogP contribution in [0.2, 0.25) is 0 Å². The van der Waals surface area contributed by atoms with Gasteiger partial charge >= 0.3 is 17.9 Å². The van der Waals surface area contributed by atoms with Crippen molar-refractivity contribution in [3.8, 4) is 0 Å². The topological polar surface area (TPSA) is 78.9 Å². The fraction of sp³-hybridized carbons (Fsp3) is 0.838. The van der Waals surface area contributed by atoms with Crippen molar-refractivity contribution in [2.75, 3.05) is 13.2 Å². The summed E-state index contributed by atoms with van der Waals surface area (Å²) in [5, 5.41) is 0. The molecule has 432 valence electrons. The van der Waals surface area contributed by atoms with Crippen LogP contribution in [-0.4, -0.2) is 37.2 Å². The second-order valence-corrected chi connectivity index (χ2v) is 22.1. The number of hydrogen-bond acceptors (Lipinski definition) is 6. The van der Waals surface area contributed by atoms with E-state index in [0.29, 0.717) is 19.3 Å². The van der Waals surface area contributed by atoms with Gasteiger partial charge in [-0.05, 0) is 44.9 Å². The first-order valence-electron chi connectivity index (χ1n) is 32.7. The average molecular weight is 1040 g/mol. The van der Waals surface area contributed by atoms with Crippen molar-refractivity contribution >= 4 is 17.9 Å². The molecule has 0 aliphatic heterocycles. The molecule has 0 aromatic carbocycles. The minimum absolute atomic E-state index is 0.0757. The normalized spacial score (nSPS) is 12.3. The molecule has 0 bridgehead atoms. The van der Waals surface area contributed by atoms with E-state index in [-0.39, 0.29) is 31.1 Å². The van der Waals surface area contributed by atoms with Crippen LogP contribution in [0.3, 0.4) is 0 Å². The van der Waals surface area contributed by atoms with E-state index < -0.39 is 6.10 Å². The van der Waals surface area contributed by atoms with Gasteiger partial charge in [-0.15, -0.1) is 0 Å². The highest BCUT2D eigenvalue weighted by Gasteiger charge is 2.19. The highest BCUT2D eigenvalue weighted by atomic mass is 16.6. The van der Waals surface area contributed by atoms with Gasteiger partial charge in [-0.2, -0.15) is 0 Å². The first-order valence-corrected chi connectivity index (χ1v) is 32.7. The molecule has 0 N–H and O–H groups in total. The van der Waals surface area contributed by atoms with Crippen LogP contribution in [0.25, 0.3) is 0 Å². The highest BCUT2D eigenvalue weighted by molar-refractivity contribution is 5.71. The lowest BCUT2D eigenvalue weighted by Gasteiger charge is -2.18. The zero-order valence-corrected chi connectivity index (χ0v) is 49.6. The molecule has 0 rings (SSSR count). The fourth-order valence-electron chi connectivity index (χ4n) is 9.75. The highest BCUT2D eigenvalue weighted by Crippen LogP contribution is 2.18. The summed E-state index contributed by atoms with van der Waals surface area (Å²) < 4.78 is 17.0. The summed E-state index contributed by atoms with van der Waals surface area (Å²) in [5.74, 6) is -0.874. The summed E-state index contributed by atoms with van der Waals surface area (Å²) in [5.41, 5.74) is 0. The Hall–Kier alpha value is -2.63. The van der Waals surface area contributed by atoms with Gasteiger partial charge in [0.1, 0.15) is 13.2 Å². The minimum Gasteiger partial charge on any atom is -0.462 e. The van der Waals surface area contributed by atoms with Gasteiger partial charge in [0.25, 0.3) is 0 Å². The van der Waals surface area contributed by atoms with E-state index in [2.05, 4.69) is 69.4 Å². The quantitative estimate of drug-likeness (QED) is 0.0261. The lowest BCUT2D eigenvalue weighted by atomic mass is 10.0. The monoisotopic (exact) mass is 1040 g/mol. The molecule has 1 unspecified atom stereocenters. The predicted octanol–water partition coefficient (Wildman–Crippen LogP) is 22.2. The van der Waals surface area contributed by atoms with E-state index in [1.807, 2.05) is 0 Å². The van der Waals surface area contributed by atoms with Crippen molar-refractivity contribution in [2.24, 2.45) is 0 Å². The summed E-state index contributed by atoms with van der Waals surface area (Å²) in [4.78, 5) is 38.4. The maximum Gasteiger partial charge on any atom is 0.306 e. The second kappa shape index (κ2) is 62.9. The van der Waals surface area contributed by atoms with Gasteiger partial charge in [-0.1, -0.05) is 333 Å². The third-order valence-corrected chi connectivity index (χ3v) is 14.7. The Morgan fingerprint density at radius 1 is 0.270 bits per heavy atom. The van der Waals surface area contributed by atoms with E-state index in [1.165, 1.54) is 225 Å².